The number of sulfonamides is 1. The summed E-state index contributed by atoms with van der Waals surface area (Å²) in [6.07, 6.45) is -2.05. The van der Waals surface area contributed by atoms with E-state index < -0.39 is 22.7 Å². The number of hydrogen-bond donors (Lipinski definition) is 1. The Hall–Kier alpha value is -2.40. The summed E-state index contributed by atoms with van der Waals surface area (Å²) in [5.74, 6) is -0.226. The zero-order chi connectivity index (χ0) is 20.4. The Bertz CT molecular complexity index is 943. The van der Waals surface area contributed by atoms with E-state index in [-0.39, 0.29) is 39.2 Å². The Balaban J connectivity index is 0.00000126. The summed E-state index contributed by atoms with van der Waals surface area (Å²) >= 11 is 4.64. The lowest BCUT2D eigenvalue weighted by Crippen LogP contribution is -2.36. The molecule has 2 aromatic rings. The van der Waals surface area contributed by atoms with Crippen LogP contribution in [-0.4, -0.2) is 39.4 Å². The normalized spacial score (nSPS) is 14.7. The summed E-state index contributed by atoms with van der Waals surface area (Å²) in [6.45, 7) is 5.28. The second-order valence-corrected chi connectivity index (χ2v) is 6.88. The number of aromatic nitrogens is 1. The van der Waals surface area contributed by atoms with Gasteiger partial charge in [-0.05, 0) is 20.6 Å². The number of anilines is 1. The molecule has 0 radical (unpaired) electrons. The smallest absolute Gasteiger partial charge is 0.433 e. The SMILES string of the molecule is C=Nc1cc2c(cc1NS(=O)(=O)c1c(C)noc1C)OC(F)(F)CO2.CCl. The highest BCUT2D eigenvalue weighted by Gasteiger charge is 2.39. The van der Waals surface area contributed by atoms with Crippen molar-refractivity contribution < 1.29 is 31.2 Å². The number of rotatable bonds is 4. The topological polar surface area (TPSA) is 103 Å². The predicted octanol–water partition coefficient (Wildman–Crippen LogP) is 3.64. The number of ether oxygens (including phenoxy) is 2. The van der Waals surface area contributed by atoms with Gasteiger partial charge in [0.1, 0.15) is 5.69 Å². The van der Waals surface area contributed by atoms with Crippen LogP contribution in [0.25, 0.3) is 0 Å². The summed E-state index contributed by atoms with van der Waals surface area (Å²) in [5.41, 5.74) is 0.139. The number of hydrogen-bond acceptors (Lipinski definition) is 7. The number of aliphatic imine (C=N–C) groups is 1. The van der Waals surface area contributed by atoms with E-state index in [2.05, 4.69) is 37.9 Å². The molecule has 0 spiro atoms. The first-order valence-corrected chi connectivity index (χ1v) is 9.55. The number of alkyl halides is 3. The fourth-order valence-corrected chi connectivity index (χ4v) is 3.76. The molecule has 1 aromatic heterocycles. The minimum absolute atomic E-state index is 0.00797. The first-order chi connectivity index (χ1) is 12.6. The van der Waals surface area contributed by atoms with Gasteiger partial charge in [-0.25, -0.2) is 8.42 Å². The molecule has 3 rings (SSSR count). The Morgan fingerprint density at radius 1 is 1.30 bits per heavy atom. The van der Waals surface area contributed by atoms with Crippen molar-refractivity contribution in [1.29, 1.82) is 0 Å². The van der Waals surface area contributed by atoms with Crippen LogP contribution in [0.15, 0.2) is 26.5 Å². The van der Waals surface area contributed by atoms with E-state index in [0.717, 1.165) is 6.07 Å². The van der Waals surface area contributed by atoms with Crippen LogP contribution >= 0.6 is 11.6 Å². The van der Waals surface area contributed by atoms with E-state index in [1.165, 1.54) is 26.3 Å². The zero-order valence-electron chi connectivity index (χ0n) is 14.5. The molecule has 0 bridgehead atoms. The average Bonchev–Trinajstić information content (AvgIpc) is 2.94. The molecule has 0 atom stereocenters. The molecule has 1 aromatic carbocycles. The number of nitrogens with one attached hydrogen (secondary N) is 1. The largest absolute Gasteiger partial charge is 0.479 e. The van der Waals surface area contributed by atoms with Crippen LogP contribution in [-0.2, 0) is 10.0 Å². The van der Waals surface area contributed by atoms with Crippen molar-refractivity contribution in [3.05, 3.63) is 23.6 Å². The van der Waals surface area contributed by atoms with Crippen LogP contribution in [0.4, 0.5) is 20.2 Å². The summed E-state index contributed by atoms with van der Waals surface area (Å²) < 4.78 is 68.3. The van der Waals surface area contributed by atoms with E-state index in [1.807, 2.05) is 0 Å². The third kappa shape index (κ3) is 4.30. The highest BCUT2D eigenvalue weighted by atomic mass is 35.5. The first-order valence-electron chi connectivity index (χ1n) is 7.31. The van der Waals surface area contributed by atoms with E-state index >= 15 is 0 Å². The van der Waals surface area contributed by atoms with Crippen LogP contribution in [0.2, 0.25) is 0 Å². The molecule has 0 saturated carbocycles. The Labute approximate surface area is 159 Å². The minimum atomic E-state index is -4.10. The van der Waals surface area contributed by atoms with E-state index in [0.29, 0.717) is 0 Å². The fourth-order valence-electron chi connectivity index (χ4n) is 2.36. The Kier molecular flexibility index (Phi) is 5.95. The molecule has 12 heteroatoms. The molecule has 0 saturated heterocycles. The van der Waals surface area contributed by atoms with Gasteiger partial charge in [-0.2, -0.15) is 8.78 Å². The fraction of sp³-hybridized carbons (Fsp3) is 0.333. The van der Waals surface area contributed by atoms with Gasteiger partial charge in [0.15, 0.2) is 28.8 Å². The molecule has 1 aliphatic heterocycles. The van der Waals surface area contributed by atoms with Crippen LogP contribution in [0.3, 0.4) is 0 Å². The van der Waals surface area contributed by atoms with Crippen molar-refractivity contribution in [2.45, 2.75) is 24.9 Å². The maximum Gasteiger partial charge on any atom is 0.433 e. The maximum absolute atomic E-state index is 13.3. The summed E-state index contributed by atoms with van der Waals surface area (Å²) in [6, 6.07) is 2.31. The minimum Gasteiger partial charge on any atom is -0.479 e. The zero-order valence-corrected chi connectivity index (χ0v) is 16.1. The van der Waals surface area contributed by atoms with Crippen LogP contribution in [0, 0.1) is 13.8 Å². The molecule has 0 fully saturated rings. The monoisotopic (exact) mass is 423 g/mol. The van der Waals surface area contributed by atoms with Gasteiger partial charge in [0.05, 0.1) is 11.4 Å². The highest BCUT2D eigenvalue weighted by molar-refractivity contribution is 7.92. The third-order valence-corrected chi connectivity index (χ3v) is 4.98. The van der Waals surface area contributed by atoms with Crippen molar-refractivity contribution in [2.24, 2.45) is 4.99 Å². The number of halogens is 3. The van der Waals surface area contributed by atoms with Crippen LogP contribution in [0.1, 0.15) is 11.5 Å². The van der Waals surface area contributed by atoms with Crippen molar-refractivity contribution >= 4 is 39.7 Å². The molecule has 2 heterocycles. The molecule has 0 unspecified atom stereocenters. The molecular weight excluding hydrogens is 408 g/mol. The molecule has 0 amide bonds. The highest BCUT2D eigenvalue weighted by Crippen LogP contribution is 2.43. The first kappa shape index (κ1) is 20.9. The molecular formula is C15H16ClF2N3O5S. The lowest BCUT2D eigenvalue weighted by atomic mass is 10.2. The number of benzene rings is 1. The summed E-state index contributed by atoms with van der Waals surface area (Å²) in [7, 11) is -4.10. The van der Waals surface area contributed by atoms with Crippen LogP contribution < -0.4 is 14.2 Å². The van der Waals surface area contributed by atoms with Gasteiger partial charge < -0.3 is 14.0 Å². The molecule has 0 aliphatic carbocycles. The standard InChI is InChI=1S/C14H13F2N3O5S.CH3Cl/c1-7-13(8(2)24-18-7)25(20,21)19-10-5-12-11(4-9(10)17-3)22-6-14(15,16)23-12;1-2/h4-5,19H,3,6H2,1-2H3;1H3. The summed E-state index contributed by atoms with van der Waals surface area (Å²) in [4.78, 5) is 3.54. The summed E-state index contributed by atoms with van der Waals surface area (Å²) in [5, 5.41) is 3.58. The quantitative estimate of drug-likeness (QED) is 0.594. The van der Waals surface area contributed by atoms with E-state index in [9.17, 15) is 17.2 Å². The van der Waals surface area contributed by atoms with Crippen molar-refractivity contribution in [3.8, 4) is 11.5 Å². The molecule has 8 nitrogen and oxygen atoms in total. The lowest BCUT2D eigenvalue weighted by molar-refractivity contribution is -0.208. The number of aryl methyl sites for hydroxylation is 2. The van der Waals surface area contributed by atoms with Gasteiger partial charge >= 0.3 is 6.11 Å². The molecule has 1 aliphatic rings. The maximum atomic E-state index is 13.3. The van der Waals surface area contributed by atoms with Crippen molar-refractivity contribution in [3.63, 3.8) is 0 Å². The Morgan fingerprint density at radius 3 is 2.52 bits per heavy atom. The number of fused-ring (bicyclic) bond motifs is 1. The number of nitrogens with zero attached hydrogens (tertiary/aromatic N) is 2. The lowest BCUT2D eigenvalue weighted by Gasteiger charge is -2.26. The average molecular weight is 424 g/mol. The second-order valence-electron chi connectivity index (χ2n) is 5.26. The second kappa shape index (κ2) is 7.69. The Morgan fingerprint density at radius 2 is 1.96 bits per heavy atom. The molecule has 1 N–H and O–H groups in total. The third-order valence-electron chi connectivity index (χ3n) is 3.37. The van der Waals surface area contributed by atoms with Gasteiger partial charge in [0.2, 0.25) is 0 Å². The van der Waals surface area contributed by atoms with Gasteiger partial charge in [-0.3, -0.25) is 9.71 Å². The van der Waals surface area contributed by atoms with Crippen LogP contribution in [0.5, 0.6) is 11.5 Å². The van der Waals surface area contributed by atoms with Gasteiger partial charge in [-0.1, -0.05) is 5.16 Å². The predicted molar refractivity (Wildman–Crippen MR) is 95.3 cm³/mol. The van der Waals surface area contributed by atoms with Gasteiger partial charge in [0.25, 0.3) is 10.0 Å². The van der Waals surface area contributed by atoms with E-state index in [4.69, 9.17) is 9.26 Å². The van der Waals surface area contributed by atoms with Gasteiger partial charge in [0, 0.05) is 18.5 Å². The molecule has 148 valence electrons. The van der Waals surface area contributed by atoms with E-state index in [1.54, 1.807) is 0 Å². The molecule has 27 heavy (non-hydrogen) atoms. The van der Waals surface area contributed by atoms with Crippen molar-refractivity contribution in [2.75, 3.05) is 17.7 Å². The van der Waals surface area contributed by atoms with Crippen molar-refractivity contribution in [1.82, 2.24) is 5.16 Å². The van der Waals surface area contributed by atoms with Gasteiger partial charge in [-0.15, -0.1) is 11.6 Å².